The molecule has 5 nitrogen and oxygen atoms in total. The summed E-state index contributed by atoms with van der Waals surface area (Å²) in [4.78, 5) is 32.3. The minimum Gasteiger partial charge on any atom is -0.337 e. The fourth-order valence-corrected chi connectivity index (χ4v) is 4.15. The summed E-state index contributed by atoms with van der Waals surface area (Å²) in [5, 5.41) is 1.70. The van der Waals surface area contributed by atoms with Gasteiger partial charge in [0.25, 0.3) is 5.91 Å². The molecule has 1 aliphatic heterocycles. The van der Waals surface area contributed by atoms with Crippen LogP contribution >= 0.6 is 23.1 Å². The number of carbonyl (C=O) groups excluding carboxylic acids is 2. The number of rotatable bonds is 4. The highest BCUT2D eigenvalue weighted by Crippen LogP contribution is 2.30. The third-order valence-corrected chi connectivity index (χ3v) is 6.24. The summed E-state index contributed by atoms with van der Waals surface area (Å²) in [6.45, 7) is 0.928. The molecule has 10 heteroatoms. The molecule has 0 unspecified atom stereocenters. The first-order valence-electron chi connectivity index (χ1n) is 8.50. The van der Waals surface area contributed by atoms with E-state index in [1.54, 1.807) is 16.3 Å². The summed E-state index contributed by atoms with van der Waals surface area (Å²) in [6, 6.07) is 4.96. The highest BCUT2D eigenvalue weighted by atomic mass is 32.2. The number of thiazole rings is 1. The monoisotopic (exact) mass is 429 g/mol. The van der Waals surface area contributed by atoms with Crippen LogP contribution in [0.25, 0.3) is 0 Å². The molecule has 2 heterocycles. The SMILES string of the molecule is CSc1nc(C(=O)N2CCC(=O)N(Cc3cccc(C(F)(F)F)c3)CC2)cs1. The molecule has 3 rings (SSSR count). The van der Waals surface area contributed by atoms with Gasteiger partial charge in [-0.25, -0.2) is 4.98 Å². The molecule has 0 N–H and O–H groups in total. The molecule has 2 amide bonds. The first-order chi connectivity index (χ1) is 13.3. The number of nitrogens with zero attached hydrogens (tertiary/aromatic N) is 3. The number of halogens is 3. The van der Waals surface area contributed by atoms with Gasteiger partial charge < -0.3 is 9.80 Å². The van der Waals surface area contributed by atoms with E-state index in [0.29, 0.717) is 17.8 Å². The zero-order valence-electron chi connectivity index (χ0n) is 15.0. The lowest BCUT2D eigenvalue weighted by molar-refractivity contribution is -0.137. The summed E-state index contributed by atoms with van der Waals surface area (Å²) in [6.07, 6.45) is -2.42. The molecule has 1 aliphatic rings. The molecule has 0 saturated carbocycles. The molecule has 0 atom stereocenters. The molecule has 0 bridgehead atoms. The van der Waals surface area contributed by atoms with Crippen molar-refractivity contribution in [3.05, 3.63) is 46.5 Å². The second-order valence-corrected chi connectivity index (χ2v) is 8.17. The van der Waals surface area contributed by atoms with Crippen LogP contribution in [0.3, 0.4) is 0 Å². The van der Waals surface area contributed by atoms with Crippen LogP contribution in [0.5, 0.6) is 0 Å². The molecule has 150 valence electrons. The van der Waals surface area contributed by atoms with Crippen molar-refractivity contribution in [2.24, 2.45) is 0 Å². The molecular weight excluding hydrogens is 411 g/mol. The van der Waals surface area contributed by atoms with Crippen molar-refractivity contribution in [3.63, 3.8) is 0 Å². The fourth-order valence-electron chi connectivity index (χ4n) is 2.91. The van der Waals surface area contributed by atoms with E-state index >= 15 is 0 Å². The lowest BCUT2D eigenvalue weighted by atomic mass is 10.1. The second kappa shape index (κ2) is 8.52. The third-order valence-electron chi connectivity index (χ3n) is 4.38. The Kier molecular flexibility index (Phi) is 6.29. The van der Waals surface area contributed by atoms with Crippen molar-refractivity contribution in [2.45, 2.75) is 23.5 Å². The predicted octanol–water partition coefficient (Wildman–Crippen LogP) is 3.76. The molecule has 1 saturated heterocycles. The molecule has 0 aliphatic carbocycles. The van der Waals surface area contributed by atoms with Gasteiger partial charge >= 0.3 is 6.18 Å². The Labute approximate surface area is 168 Å². The molecule has 1 aromatic carbocycles. The average molecular weight is 429 g/mol. The minimum absolute atomic E-state index is 0.0815. The number of carbonyl (C=O) groups is 2. The Morgan fingerprint density at radius 3 is 2.75 bits per heavy atom. The standard InChI is InChI=1S/C18H18F3N3O2S2/c1-27-17-22-14(11-28-17)16(26)23-6-5-15(25)24(8-7-23)10-12-3-2-4-13(9-12)18(19,20)21/h2-4,9,11H,5-8,10H2,1H3. The lowest BCUT2D eigenvalue weighted by Crippen LogP contribution is -2.35. The largest absolute Gasteiger partial charge is 0.416 e. The van der Waals surface area contributed by atoms with Gasteiger partial charge in [0.15, 0.2) is 0 Å². The van der Waals surface area contributed by atoms with Crippen molar-refractivity contribution in [3.8, 4) is 0 Å². The Hall–Kier alpha value is -2.07. The number of hydrogen-bond donors (Lipinski definition) is 0. The van der Waals surface area contributed by atoms with E-state index in [9.17, 15) is 22.8 Å². The van der Waals surface area contributed by atoms with E-state index in [2.05, 4.69) is 4.98 Å². The van der Waals surface area contributed by atoms with E-state index in [-0.39, 0.29) is 37.9 Å². The Balaban J connectivity index is 1.67. The van der Waals surface area contributed by atoms with Crippen LogP contribution in [0.1, 0.15) is 28.0 Å². The summed E-state index contributed by atoms with van der Waals surface area (Å²) >= 11 is 2.85. The van der Waals surface area contributed by atoms with E-state index in [1.807, 2.05) is 6.26 Å². The topological polar surface area (TPSA) is 53.5 Å². The quantitative estimate of drug-likeness (QED) is 0.695. The molecule has 1 aromatic heterocycles. The summed E-state index contributed by atoms with van der Waals surface area (Å²) in [7, 11) is 0. The summed E-state index contributed by atoms with van der Waals surface area (Å²) in [5.41, 5.74) is 0.0254. The van der Waals surface area contributed by atoms with Crippen LogP contribution < -0.4 is 0 Å². The van der Waals surface area contributed by atoms with E-state index in [1.165, 1.54) is 34.1 Å². The first kappa shape index (κ1) is 20.7. The Morgan fingerprint density at radius 1 is 1.29 bits per heavy atom. The first-order valence-corrected chi connectivity index (χ1v) is 10.6. The smallest absolute Gasteiger partial charge is 0.337 e. The molecule has 0 spiro atoms. The highest BCUT2D eigenvalue weighted by molar-refractivity contribution is 8.00. The van der Waals surface area contributed by atoms with E-state index in [4.69, 9.17) is 0 Å². The Morgan fingerprint density at radius 2 is 2.07 bits per heavy atom. The highest BCUT2D eigenvalue weighted by Gasteiger charge is 2.31. The maximum Gasteiger partial charge on any atom is 0.416 e. The zero-order chi connectivity index (χ0) is 20.3. The van der Waals surface area contributed by atoms with Gasteiger partial charge in [0.1, 0.15) is 10.0 Å². The van der Waals surface area contributed by atoms with Gasteiger partial charge in [0.05, 0.1) is 5.56 Å². The van der Waals surface area contributed by atoms with Gasteiger partial charge in [-0.15, -0.1) is 11.3 Å². The van der Waals surface area contributed by atoms with Crippen LogP contribution in [0.15, 0.2) is 34.0 Å². The summed E-state index contributed by atoms with van der Waals surface area (Å²) < 4.78 is 39.4. The third kappa shape index (κ3) is 4.85. The maximum atomic E-state index is 12.9. The maximum absolute atomic E-state index is 12.9. The molecular formula is C18H18F3N3O2S2. The van der Waals surface area contributed by atoms with Gasteiger partial charge in [0.2, 0.25) is 5.91 Å². The van der Waals surface area contributed by atoms with Crippen LogP contribution in [0, 0.1) is 0 Å². The zero-order valence-corrected chi connectivity index (χ0v) is 16.7. The van der Waals surface area contributed by atoms with Crippen molar-refractivity contribution >= 4 is 34.9 Å². The number of hydrogen-bond acceptors (Lipinski definition) is 5. The molecule has 2 aromatic rings. The van der Waals surface area contributed by atoms with Crippen molar-refractivity contribution in [1.82, 2.24) is 14.8 Å². The van der Waals surface area contributed by atoms with Crippen molar-refractivity contribution < 1.29 is 22.8 Å². The van der Waals surface area contributed by atoms with Crippen LogP contribution in [-0.4, -0.2) is 52.5 Å². The molecule has 0 radical (unpaired) electrons. The van der Waals surface area contributed by atoms with Gasteiger partial charge in [-0.05, 0) is 24.0 Å². The number of alkyl halides is 3. The summed E-state index contributed by atoms with van der Waals surface area (Å²) in [5.74, 6) is -0.416. The van der Waals surface area contributed by atoms with Crippen molar-refractivity contribution in [1.29, 1.82) is 0 Å². The number of benzene rings is 1. The number of aromatic nitrogens is 1. The molecule has 1 fully saturated rings. The average Bonchev–Trinajstić information content (AvgIpc) is 3.07. The molecule has 28 heavy (non-hydrogen) atoms. The van der Waals surface area contributed by atoms with Crippen LogP contribution in [0.2, 0.25) is 0 Å². The van der Waals surface area contributed by atoms with Crippen molar-refractivity contribution in [2.75, 3.05) is 25.9 Å². The number of amides is 2. The second-order valence-electron chi connectivity index (χ2n) is 6.26. The predicted molar refractivity (Wildman–Crippen MR) is 101 cm³/mol. The van der Waals surface area contributed by atoms with Crippen LogP contribution in [0.4, 0.5) is 13.2 Å². The van der Waals surface area contributed by atoms with Crippen LogP contribution in [-0.2, 0) is 17.5 Å². The van der Waals surface area contributed by atoms with Gasteiger partial charge in [-0.3, -0.25) is 9.59 Å². The lowest BCUT2D eigenvalue weighted by Gasteiger charge is -2.22. The van der Waals surface area contributed by atoms with E-state index < -0.39 is 11.7 Å². The number of thioether (sulfide) groups is 1. The van der Waals surface area contributed by atoms with E-state index in [0.717, 1.165) is 16.5 Å². The fraction of sp³-hybridized carbons (Fsp3) is 0.389. The minimum atomic E-state index is -4.43. The van der Waals surface area contributed by atoms with Gasteiger partial charge in [0, 0.05) is 38.0 Å². The van der Waals surface area contributed by atoms with Gasteiger partial charge in [-0.2, -0.15) is 13.2 Å². The van der Waals surface area contributed by atoms with Gasteiger partial charge in [-0.1, -0.05) is 23.9 Å². The normalized spacial score (nSPS) is 15.6. The Bertz CT molecular complexity index is 870.